The Morgan fingerprint density at radius 3 is 1.78 bits per heavy atom. The van der Waals surface area contributed by atoms with Gasteiger partial charge in [0.25, 0.3) is 0 Å². The molecule has 0 bridgehead atoms. The van der Waals surface area contributed by atoms with Crippen molar-refractivity contribution in [2.45, 2.75) is 31.6 Å². The molecule has 11 aromatic rings. The molecule has 63 heavy (non-hydrogen) atoms. The molecule has 0 nitrogen and oxygen atoms in total. The fourth-order valence-electron chi connectivity index (χ4n) is 11.9. The third-order valence-electron chi connectivity index (χ3n) is 15.1. The second kappa shape index (κ2) is 12.8. The number of hydrogen-bond acceptors (Lipinski definition) is 0. The van der Waals surface area contributed by atoms with Crippen LogP contribution in [0.15, 0.2) is 194 Å². The Kier molecular flexibility index (Phi) is 7.11. The molecule has 0 saturated carbocycles. The fourth-order valence-corrected chi connectivity index (χ4v) is 11.9. The van der Waals surface area contributed by atoms with Gasteiger partial charge in [0, 0.05) is 11.3 Å². The summed E-state index contributed by atoms with van der Waals surface area (Å²) in [6.07, 6.45) is 8.18. The molecule has 3 aliphatic carbocycles. The first-order chi connectivity index (χ1) is 31.0. The summed E-state index contributed by atoms with van der Waals surface area (Å²) >= 11 is 0. The van der Waals surface area contributed by atoms with Crippen molar-refractivity contribution >= 4 is 65.5 Å². The topological polar surface area (TPSA) is 0 Å². The van der Waals surface area contributed by atoms with Crippen molar-refractivity contribution in [2.24, 2.45) is 0 Å². The average molecular weight is 799 g/mol. The first-order valence-electron chi connectivity index (χ1n) is 22.5. The van der Waals surface area contributed by atoms with Gasteiger partial charge in [-0.25, -0.2) is 0 Å². The van der Waals surface area contributed by atoms with Crippen molar-refractivity contribution in [3.05, 3.63) is 228 Å². The van der Waals surface area contributed by atoms with E-state index in [2.05, 4.69) is 214 Å². The lowest BCUT2D eigenvalue weighted by atomic mass is 9.74. The SMILES string of the molecule is CC1(C)c2cc(-c3ccc4cc(-c5ccc6ccc7cccc8ccc5c6c78)ccc4c3)ccc2-c2ccc(-c3ccc4c5c6c(ccc35)C=CC(c3ccccc3)C6=CC4)cc21. The van der Waals surface area contributed by atoms with E-state index in [9.17, 15) is 0 Å². The lowest BCUT2D eigenvalue weighted by Crippen LogP contribution is -2.15. The summed E-state index contributed by atoms with van der Waals surface area (Å²) in [7, 11) is 0. The van der Waals surface area contributed by atoms with Crippen LogP contribution < -0.4 is 0 Å². The molecule has 0 aliphatic heterocycles. The van der Waals surface area contributed by atoms with Crippen LogP contribution in [0.4, 0.5) is 0 Å². The second-order valence-corrected chi connectivity index (χ2v) is 18.7. The van der Waals surface area contributed by atoms with E-state index in [1.54, 1.807) is 0 Å². The van der Waals surface area contributed by atoms with E-state index in [4.69, 9.17) is 0 Å². The molecule has 0 radical (unpaired) electrons. The zero-order valence-corrected chi connectivity index (χ0v) is 35.3. The van der Waals surface area contributed by atoms with E-state index < -0.39 is 0 Å². The lowest BCUT2D eigenvalue weighted by molar-refractivity contribution is 0.661. The molecule has 0 spiro atoms. The third-order valence-corrected chi connectivity index (χ3v) is 15.1. The van der Waals surface area contributed by atoms with E-state index >= 15 is 0 Å². The standard InChI is InChI=1S/C63H42/c1-63(2)57-35-46(44-13-14-45-34-47(16-15-43(45)33-44)50-26-18-40-12-11-38-9-6-10-39-20-30-55(50)60(40)59(38)39)23-28-52(57)53-29-24-48(36-58(53)63)51-27-19-42-21-31-54-49(37-7-4-3-5-8-37)25-17-41-22-32-56(51)62(42)61(41)54/h3-20,22-36,49H,21H2,1-2H3. The van der Waals surface area contributed by atoms with Crippen LogP contribution in [0.5, 0.6) is 0 Å². The summed E-state index contributed by atoms with van der Waals surface area (Å²) in [5.41, 5.74) is 20.0. The predicted molar refractivity (Wildman–Crippen MR) is 269 cm³/mol. The molecule has 0 saturated heterocycles. The van der Waals surface area contributed by atoms with Gasteiger partial charge in [0.15, 0.2) is 0 Å². The van der Waals surface area contributed by atoms with Gasteiger partial charge in [0.2, 0.25) is 0 Å². The molecule has 11 aromatic carbocycles. The first-order valence-corrected chi connectivity index (χ1v) is 22.5. The molecule has 0 aromatic heterocycles. The minimum atomic E-state index is -0.146. The lowest BCUT2D eigenvalue weighted by Gasteiger charge is -2.30. The van der Waals surface area contributed by atoms with E-state index in [0.717, 1.165) is 6.42 Å². The van der Waals surface area contributed by atoms with Crippen LogP contribution in [0, 0.1) is 0 Å². The average Bonchev–Trinajstić information content (AvgIpc) is 3.56. The van der Waals surface area contributed by atoms with Gasteiger partial charge in [-0.1, -0.05) is 190 Å². The van der Waals surface area contributed by atoms with Crippen molar-refractivity contribution in [1.29, 1.82) is 0 Å². The number of fused-ring (bicyclic) bond motifs is 4. The van der Waals surface area contributed by atoms with Crippen molar-refractivity contribution in [1.82, 2.24) is 0 Å². The van der Waals surface area contributed by atoms with Gasteiger partial charge in [0.1, 0.15) is 0 Å². The summed E-state index contributed by atoms with van der Waals surface area (Å²) < 4.78 is 0. The Balaban J connectivity index is 0.807. The van der Waals surface area contributed by atoms with E-state index in [0.29, 0.717) is 0 Å². The molecular formula is C63H42. The molecule has 294 valence electrons. The molecule has 0 fully saturated rings. The number of allylic oxidation sites excluding steroid dienone is 3. The number of rotatable bonds is 4. The highest BCUT2D eigenvalue weighted by atomic mass is 14.4. The van der Waals surface area contributed by atoms with Crippen LogP contribution in [-0.4, -0.2) is 0 Å². The number of benzene rings is 11. The summed E-state index contributed by atoms with van der Waals surface area (Å²) in [5.74, 6) is 0.282. The summed E-state index contributed by atoms with van der Waals surface area (Å²) in [6.45, 7) is 4.82. The van der Waals surface area contributed by atoms with Gasteiger partial charge in [-0.2, -0.15) is 0 Å². The van der Waals surface area contributed by atoms with Crippen molar-refractivity contribution in [3.8, 4) is 44.5 Å². The normalized spacial score (nSPS) is 15.7. The second-order valence-electron chi connectivity index (χ2n) is 18.7. The Morgan fingerprint density at radius 1 is 0.429 bits per heavy atom. The Hall–Kier alpha value is -7.54. The number of hydrogen-bond donors (Lipinski definition) is 0. The van der Waals surface area contributed by atoms with Crippen LogP contribution in [0.1, 0.15) is 53.1 Å². The molecule has 0 heteroatoms. The van der Waals surface area contributed by atoms with Crippen LogP contribution in [0.2, 0.25) is 0 Å². The van der Waals surface area contributed by atoms with E-state index in [1.807, 2.05) is 0 Å². The third kappa shape index (κ3) is 4.98. The Morgan fingerprint density at radius 2 is 0.984 bits per heavy atom. The molecule has 0 N–H and O–H groups in total. The van der Waals surface area contributed by atoms with Gasteiger partial charge < -0.3 is 0 Å². The largest absolute Gasteiger partial charge is 0.0753 e. The first kappa shape index (κ1) is 35.1. The Bertz CT molecular complexity index is 3820. The smallest absolute Gasteiger partial charge is 0.0276 e. The molecule has 3 aliphatic rings. The highest BCUT2D eigenvalue weighted by molar-refractivity contribution is 6.25. The monoisotopic (exact) mass is 798 g/mol. The molecule has 1 unspecified atom stereocenters. The van der Waals surface area contributed by atoms with Gasteiger partial charge in [0.05, 0.1) is 0 Å². The maximum absolute atomic E-state index is 2.49. The zero-order chi connectivity index (χ0) is 41.6. The molecule has 0 amide bonds. The van der Waals surface area contributed by atoms with Crippen LogP contribution >= 0.6 is 0 Å². The minimum Gasteiger partial charge on any atom is -0.0753 e. The maximum Gasteiger partial charge on any atom is 0.0276 e. The van der Waals surface area contributed by atoms with Gasteiger partial charge in [-0.3, -0.25) is 0 Å². The zero-order valence-electron chi connectivity index (χ0n) is 35.3. The predicted octanol–water partition coefficient (Wildman–Crippen LogP) is 16.9. The van der Waals surface area contributed by atoms with Crippen molar-refractivity contribution in [2.75, 3.05) is 0 Å². The quantitative estimate of drug-likeness (QED) is 0.156. The van der Waals surface area contributed by atoms with Gasteiger partial charge in [-0.15, -0.1) is 0 Å². The van der Waals surface area contributed by atoms with Gasteiger partial charge >= 0.3 is 0 Å². The Labute approximate surface area is 367 Å². The van der Waals surface area contributed by atoms with E-state index in [-0.39, 0.29) is 11.3 Å². The van der Waals surface area contributed by atoms with Crippen LogP contribution in [0.25, 0.3) is 110 Å². The van der Waals surface area contributed by atoms with Gasteiger partial charge in [-0.05, 0) is 168 Å². The summed E-state index contributed by atoms with van der Waals surface area (Å²) in [5, 5.41) is 13.3. The summed E-state index contributed by atoms with van der Waals surface area (Å²) in [4.78, 5) is 0. The molecule has 14 rings (SSSR count). The highest BCUT2D eigenvalue weighted by Gasteiger charge is 2.36. The maximum atomic E-state index is 2.49. The van der Waals surface area contributed by atoms with Crippen LogP contribution in [-0.2, 0) is 11.8 Å². The van der Waals surface area contributed by atoms with Crippen molar-refractivity contribution in [3.63, 3.8) is 0 Å². The minimum absolute atomic E-state index is 0.146. The summed E-state index contributed by atoms with van der Waals surface area (Å²) in [6, 6.07) is 69.2. The van der Waals surface area contributed by atoms with E-state index in [1.165, 1.54) is 137 Å². The molecular weight excluding hydrogens is 757 g/mol. The fraction of sp³-hybridized carbons (Fsp3) is 0.0794. The highest BCUT2D eigenvalue weighted by Crippen LogP contribution is 2.53. The molecule has 1 atom stereocenters. The van der Waals surface area contributed by atoms with Crippen molar-refractivity contribution < 1.29 is 0 Å². The van der Waals surface area contributed by atoms with Crippen LogP contribution in [0.3, 0.4) is 0 Å². The molecule has 0 heterocycles.